The van der Waals surface area contributed by atoms with Crippen LogP contribution in [-0.4, -0.2) is 19.7 Å². The second-order valence-corrected chi connectivity index (χ2v) is 6.22. The van der Waals surface area contributed by atoms with Crippen LogP contribution in [-0.2, 0) is 12.0 Å². The maximum Gasteiger partial charge on any atom is 0.295 e. The van der Waals surface area contributed by atoms with Gasteiger partial charge >= 0.3 is 0 Å². The highest BCUT2D eigenvalue weighted by molar-refractivity contribution is 5.71. The van der Waals surface area contributed by atoms with E-state index in [1.54, 1.807) is 6.20 Å². The number of rotatable bonds is 2. The van der Waals surface area contributed by atoms with E-state index in [1.807, 2.05) is 12.1 Å². The van der Waals surface area contributed by atoms with Gasteiger partial charge in [-0.3, -0.25) is 4.79 Å². The van der Waals surface area contributed by atoms with E-state index < -0.39 is 0 Å². The predicted molar refractivity (Wildman–Crippen MR) is 82.4 cm³/mol. The Morgan fingerprint density at radius 2 is 1.90 bits per heavy atom. The molecule has 0 bridgehead atoms. The van der Waals surface area contributed by atoms with Crippen molar-refractivity contribution in [1.29, 1.82) is 0 Å². The monoisotopic (exact) mass is 282 g/mol. The molecule has 5 nitrogen and oxygen atoms in total. The number of H-pyrrole nitrogens is 1. The molecule has 108 valence electrons. The summed E-state index contributed by atoms with van der Waals surface area (Å²) in [5.74, 6) is 0. The van der Waals surface area contributed by atoms with Gasteiger partial charge in [-0.15, -0.1) is 0 Å². The standard InChI is InChI=1S/C16H18N4O/c1-16(2,3)12-6-4-11(5-7-12)9-20-15(21)14-13(8-19-20)17-10-18-14/h4-8,10H,9H2,1-3H3,(H,17,18). The molecule has 1 N–H and O–H groups in total. The van der Waals surface area contributed by atoms with Crippen LogP contribution >= 0.6 is 0 Å². The highest BCUT2D eigenvalue weighted by atomic mass is 16.1. The van der Waals surface area contributed by atoms with Crippen LogP contribution in [0.25, 0.3) is 11.0 Å². The van der Waals surface area contributed by atoms with Gasteiger partial charge in [-0.05, 0) is 16.5 Å². The molecule has 0 unspecified atom stereocenters. The zero-order valence-corrected chi connectivity index (χ0v) is 12.4. The maximum absolute atomic E-state index is 12.2. The van der Waals surface area contributed by atoms with Crippen molar-refractivity contribution in [2.24, 2.45) is 0 Å². The van der Waals surface area contributed by atoms with Gasteiger partial charge in [0.15, 0.2) is 5.52 Å². The maximum atomic E-state index is 12.2. The van der Waals surface area contributed by atoms with Crippen LogP contribution < -0.4 is 5.56 Å². The van der Waals surface area contributed by atoms with E-state index in [9.17, 15) is 4.79 Å². The van der Waals surface area contributed by atoms with Crippen LogP contribution in [0.4, 0.5) is 0 Å². The highest BCUT2D eigenvalue weighted by Gasteiger charge is 2.13. The second-order valence-electron chi connectivity index (χ2n) is 6.22. The van der Waals surface area contributed by atoms with Crippen molar-refractivity contribution >= 4 is 11.0 Å². The lowest BCUT2D eigenvalue weighted by molar-refractivity contribution is 0.589. The van der Waals surface area contributed by atoms with E-state index in [0.717, 1.165) is 5.56 Å². The van der Waals surface area contributed by atoms with Crippen LogP contribution in [0.5, 0.6) is 0 Å². The number of nitrogens with one attached hydrogen (secondary N) is 1. The van der Waals surface area contributed by atoms with E-state index in [2.05, 4.69) is 48.0 Å². The van der Waals surface area contributed by atoms with Gasteiger partial charge in [-0.2, -0.15) is 5.10 Å². The Hall–Kier alpha value is -2.43. The van der Waals surface area contributed by atoms with Crippen molar-refractivity contribution in [2.75, 3.05) is 0 Å². The van der Waals surface area contributed by atoms with Gasteiger partial charge in [-0.25, -0.2) is 9.67 Å². The van der Waals surface area contributed by atoms with Crippen LogP contribution in [0.15, 0.2) is 41.6 Å². The normalized spacial score (nSPS) is 12.0. The molecule has 0 fully saturated rings. The topological polar surface area (TPSA) is 63.6 Å². The molecule has 2 aromatic heterocycles. The van der Waals surface area contributed by atoms with Gasteiger partial charge in [0.05, 0.1) is 24.6 Å². The molecule has 0 aliphatic rings. The van der Waals surface area contributed by atoms with E-state index in [-0.39, 0.29) is 11.0 Å². The Morgan fingerprint density at radius 3 is 2.57 bits per heavy atom. The first-order chi connectivity index (χ1) is 9.95. The molecule has 1 aromatic carbocycles. The molecular weight excluding hydrogens is 264 g/mol. The molecule has 0 aliphatic heterocycles. The lowest BCUT2D eigenvalue weighted by Crippen LogP contribution is -2.23. The molecule has 0 aliphatic carbocycles. The Kier molecular flexibility index (Phi) is 3.12. The van der Waals surface area contributed by atoms with Gasteiger partial charge in [0.2, 0.25) is 0 Å². The summed E-state index contributed by atoms with van der Waals surface area (Å²) in [5, 5.41) is 4.18. The number of aromatic amines is 1. The molecule has 5 heteroatoms. The summed E-state index contributed by atoms with van der Waals surface area (Å²) in [6.45, 7) is 6.99. The zero-order valence-electron chi connectivity index (χ0n) is 12.4. The lowest BCUT2D eigenvalue weighted by atomic mass is 9.87. The summed E-state index contributed by atoms with van der Waals surface area (Å²) in [5.41, 5.74) is 3.37. The Bertz CT molecular complexity index is 822. The largest absolute Gasteiger partial charge is 0.343 e. The smallest absolute Gasteiger partial charge is 0.295 e. The summed E-state index contributed by atoms with van der Waals surface area (Å²) in [7, 11) is 0. The Labute approximate surface area is 122 Å². The summed E-state index contributed by atoms with van der Waals surface area (Å²) in [4.78, 5) is 19.2. The van der Waals surface area contributed by atoms with E-state index in [4.69, 9.17) is 0 Å². The van der Waals surface area contributed by atoms with Gasteiger partial charge in [0.1, 0.15) is 0 Å². The molecule has 0 spiro atoms. The van der Waals surface area contributed by atoms with Crippen LogP contribution in [0, 0.1) is 0 Å². The fourth-order valence-electron chi connectivity index (χ4n) is 2.27. The number of nitrogens with zero attached hydrogens (tertiary/aromatic N) is 3. The number of hydrogen-bond acceptors (Lipinski definition) is 3. The second kappa shape index (κ2) is 4.84. The average Bonchev–Trinajstić information content (AvgIpc) is 2.91. The Morgan fingerprint density at radius 1 is 1.19 bits per heavy atom. The summed E-state index contributed by atoms with van der Waals surface area (Å²) >= 11 is 0. The minimum atomic E-state index is -0.173. The van der Waals surface area contributed by atoms with Crippen LogP contribution in [0.3, 0.4) is 0 Å². The van der Waals surface area contributed by atoms with Crippen LogP contribution in [0.1, 0.15) is 31.9 Å². The van der Waals surface area contributed by atoms with Crippen molar-refractivity contribution in [3.63, 3.8) is 0 Å². The molecule has 3 aromatic rings. The number of fused-ring (bicyclic) bond motifs is 1. The van der Waals surface area contributed by atoms with Gasteiger partial charge in [0.25, 0.3) is 5.56 Å². The minimum absolute atomic E-state index is 0.127. The third-order valence-corrected chi connectivity index (χ3v) is 3.58. The van der Waals surface area contributed by atoms with Crippen molar-refractivity contribution in [2.45, 2.75) is 32.7 Å². The molecule has 21 heavy (non-hydrogen) atoms. The predicted octanol–water partition coefficient (Wildman–Crippen LogP) is 2.47. The van der Waals surface area contributed by atoms with Gasteiger partial charge in [-0.1, -0.05) is 45.0 Å². The molecule has 0 radical (unpaired) electrons. The third kappa shape index (κ3) is 2.59. The fraction of sp³-hybridized carbons (Fsp3) is 0.312. The first-order valence-corrected chi connectivity index (χ1v) is 6.94. The molecule has 2 heterocycles. The molecule has 3 rings (SSSR count). The SMILES string of the molecule is CC(C)(C)c1ccc(Cn2ncc3[nH]cnc3c2=O)cc1. The Balaban J connectivity index is 1.92. The average molecular weight is 282 g/mol. The third-order valence-electron chi connectivity index (χ3n) is 3.58. The fourth-order valence-corrected chi connectivity index (χ4v) is 2.27. The lowest BCUT2D eigenvalue weighted by Gasteiger charge is -2.19. The molecule has 0 saturated carbocycles. The van der Waals surface area contributed by atoms with E-state index in [1.165, 1.54) is 16.6 Å². The first-order valence-electron chi connectivity index (χ1n) is 6.94. The molecule has 0 atom stereocenters. The van der Waals surface area contributed by atoms with Crippen molar-refractivity contribution in [3.8, 4) is 0 Å². The van der Waals surface area contributed by atoms with Crippen LogP contribution in [0.2, 0.25) is 0 Å². The highest BCUT2D eigenvalue weighted by Crippen LogP contribution is 2.22. The molecular formula is C16H18N4O. The van der Waals surface area contributed by atoms with Crippen molar-refractivity contribution in [3.05, 3.63) is 58.3 Å². The number of aromatic nitrogens is 4. The summed E-state index contributed by atoms with van der Waals surface area (Å²) < 4.78 is 1.44. The van der Waals surface area contributed by atoms with E-state index in [0.29, 0.717) is 17.6 Å². The van der Waals surface area contributed by atoms with Crippen molar-refractivity contribution in [1.82, 2.24) is 19.7 Å². The van der Waals surface area contributed by atoms with Gasteiger partial charge < -0.3 is 4.98 Å². The summed E-state index contributed by atoms with van der Waals surface area (Å²) in [6, 6.07) is 8.30. The minimum Gasteiger partial charge on any atom is -0.343 e. The molecule has 0 amide bonds. The quantitative estimate of drug-likeness (QED) is 0.785. The first kappa shape index (κ1) is 13.5. The number of benzene rings is 1. The molecule has 0 saturated heterocycles. The number of hydrogen-bond donors (Lipinski definition) is 1. The van der Waals surface area contributed by atoms with Gasteiger partial charge in [0, 0.05) is 0 Å². The van der Waals surface area contributed by atoms with Crippen molar-refractivity contribution < 1.29 is 0 Å². The summed E-state index contributed by atoms with van der Waals surface area (Å²) in [6.07, 6.45) is 3.14. The van der Waals surface area contributed by atoms with E-state index >= 15 is 0 Å². The zero-order chi connectivity index (χ0) is 15.0. The number of imidazole rings is 1.